The highest BCUT2D eigenvalue weighted by atomic mass is 19.4. The summed E-state index contributed by atoms with van der Waals surface area (Å²) in [6.45, 7) is 1.86. The predicted octanol–water partition coefficient (Wildman–Crippen LogP) is 5.47. The van der Waals surface area contributed by atoms with Crippen LogP contribution in [0.5, 0.6) is 0 Å². The van der Waals surface area contributed by atoms with E-state index in [4.69, 9.17) is 0 Å². The van der Waals surface area contributed by atoms with Gasteiger partial charge in [0.2, 0.25) is 0 Å². The highest BCUT2D eigenvalue weighted by Crippen LogP contribution is 2.38. The Bertz CT molecular complexity index is 1040. The number of hydrogen-bond donors (Lipinski definition) is 0. The van der Waals surface area contributed by atoms with Crippen LogP contribution < -0.4 is 0 Å². The van der Waals surface area contributed by atoms with Crippen LogP contribution in [0.15, 0.2) is 60.8 Å². The van der Waals surface area contributed by atoms with E-state index in [1.807, 2.05) is 61.5 Å². The molecule has 4 rings (SSSR count). The van der Waals surface area contributed by atoms with E-state index in [2.05, 4.69) is 5.10 Å². The lowest BCUT2D eigenvalue weighted by Gasteiger charge is -2.30. The monoisotopic (exact) mass is 413 g/mol. The number of amides is 1. The lowest BCUT2D eigenvalue weighted by atomic mass is 10.00. The first kappa shape index (κ1) is 20.2. The molecular weight excluding hydrogens is 391 g/mol. The molecule has 0 aliphatic heterocycles. The van der Waals surface area contributed by atoms with Gasteiger partial charge in [0.05, 0.1) is 11.6 Å². The van der Waals surface area contributed by atoms with Crippen LogP contribution in [0, 0.1) is 0 Å². The molecule has 1 aromatic heterocycles. The van der Waals surface area contributed by atoms with Gasteiger partial charge in [-0.1, -0.05) is 54.6 Å². The lowest BCUT2D eigenvalue weighted by Crippen LogP contribution is -2.36. The van der Waals surface area contributed by atoms with Gasteiger partial charge in [-0.3, -0.25) is 9.48 Å². The fourth-order valence-electron chi connectivity index (χ4n) is 3.75. The molecule has 1 unspecified atom stereocenters. The first-order chi connectivity index (χ1) is 14.3. The summed E-state index contributed by atoms with van der Waals surface area (Å²) in [6.07, 6.45) is -1.94. The van der Waals surface area contributed by atoms with Gasteiger partial charge in [-0.25, -0.2) is 0 Å². The van der Waals surface area contributed by atoms with E-state index >= 15 is 0 Å². The second kappa shape index (κ2) is 7.63. The number of carbonyl (C=O) groups is 1. The molecular formula is C23H22F3N3O. The molecule has 0 radical (unpaired) electrons. The summed E-state index contributed by atoms with van der Waals surface area (Å²) in [6, 6.07) is 17.3. The Balaban J connectivity index is 1.63. The molecule has 30 heavy (non-hydrogen) atoms. The molecule has 1 saturated carbocycles. The number of benzene rings is 2. The standard InChI is InChI=1S/C23H22F3N3O/c1-15(16-8-10-18(11-9-16)17-6-4-3-5-7-17)29(19-12-13-19)22(30)20-14-28(2)27-21(20)23(24,25)26/h3-11,14-15,19H,12-13H2,1-2H3. The summed E-state index contributed by atoms with van der Waals surface area (Å²) < 4.78 is 41.2. The quantitative estimate of drug-likeness (QED) is 0.556. The van der Waals surface area contributed by atoms with Crippen molar-refractivity contribution in [3.63, 3.8) is 0 Å². The van der Waals surface area contributed by atoms with Crippen molar-refractivity contribution < 1.29 is 18.0 Å². The van der Waals surface area contributed by atoms with Crippen LogP contribution in [0.4, 0.5) is 13.2 Å². The zero-order chi connectivity index (χ0) is 21.5. The third-order valence-electron chi connectivity index (χ3n) is 5.42. The molecule has 1 heterocycles. The van der Waals surface area contributed by atoms with Crippen molar-refractivity contribution in [1.82, 2.24) is 14.7 Å². The van der Waals surface area contributed by atoms with Crippen molar-refractivity contribution in [1.29, 1.82) is 0 Å². The second-order valence-corrected chi connectivity index (χ2v) is 7.67. The first-order valence-electron chi connectivity index (χ1n) is 9.84. The number of aryl methyl sites for hydroxylation is 1. The molecule has 156 valence electrons. The molecule has 1 aliphatic carbocycles. The van der Waals surface area contributed by atoms with Crippen molar-refractivity contribution >= 4 is 5.91 Å². The highest BCUT2D eigenvalue weighted by molar-refractivity contribution is 5.96. The summed E-state index contributed by atoms with van der Waals surface area (Å²) in [5.74, 6) is -0.627. The van der Waals surface area contributed by atoms with Gasteiger partial charge in [-0.2, -0.15) is 18.3 Å². The molecule has 0 N–H and O–H groups in total. The normalized spacial score (nSPS) is 15.1. The van der Waals surface area contributed by atoms with Gasteiger partial charge in [0, 0.05) is 19.3 Å². The molecule has 1 amide bonds. The van der Waals surface area contributed by atoms with Crippen LogP contribution in [0.3, 0.4) is 0 Å². The molecule has 1 aliphatic rings. The van der Waals surface area contributed by atoms with E-state index in [0.29, 0.717) is 0 Å². The zero-order valence-electron chi connectivity index (χ0n) is 16.7. The fraction of sp³-hybridized carbons (Fsp3) is 0.304. The Morgan fingerprint density at radius 3 is 2.23 bits per heavy atom. The molecule has 7 heteroatoms. The molecule has 1 atom stereocenters. The third kappa shape index (κ3) is 3.97. The maximum atomic E-state index is 13.4. The van der Waals surface area contributed by atoms with Crippen LogP contribution in [-0.2, 0) is 13.2 Å². The lowest BCUT2D eigenvalue weighted by molar-refractivity contribution is -0.141. The van der Waals surface area contributed by atoms with E-state index in [9.17, 15) is 18.0 Å². The van der Waals surface area contributed by atoms with Crippen LogP contribution in [0.25, 0.3) is 11.1 Å². The maximum absolute atomic E-state index is 13.4. The van der Waals surface area contributed by atoms with Crippen LogP contribution >= 0.6 is 0 Å². The largest absolute Gasteiger partial charge is 0.435 e. The minimum absolute atomic E-state index is 0.0532. The van der Waals surface area contributed by atoms with Crippen molar-refractivity contribution in [2.75, 3.05) is 0 Å². The Hall–Kier alpha value is -3.09. The average Bonchev–Trinajstić information content (AvgIpc) is 3.47. The number of carbonyl (C=O) groups excluding carboxylic acids is 1. The molecule has 1 fully saturated rings. The van der Waals surface area contributed by atoms with Gasteiger partial charge in [0.25, 0.3) is 5.91 Å². The molecule has 0 spiro atoms. The second-order valence-electron chi connectivity index (χ2n) is 7.67. The minimum atomic E-state index is -4.68. The SMILES string of the molecule is CC(c1ccc(-c2ccccc2)cc1)N(C(=O)c1cn(C)nc1C(F)(F)F)C1CC1. The summed E-state index contributed by atoms with van der Waals surface area (Å²) in [5.41, 5.74) is 1.48. The Labute approximate surface area is 172 Å². The van der Waals surface area contributed by atoms with Crippen LogP contribution in [0.2, 0.25) is 0 Å². The fourth-order valence-corrected chi connectivity index (χ4v) is 3.75. The van der Waals surface area contributed by atoms with Gasteiger partial charge >= 0.3 is 6.18 Å². The smallest absolute Gasteiger partial charge is 0.329 e. The van der Waals surface area contributed by atoms with E-state index in [1.165, 1.54) is 7.05 Å². The minimum Gasteiger partial charge on any atom is -0.329 e. The van der Waals surface area contributed by atoms with Gasteiger partial charge in [-0.05, 0) is 36.5 Å². The molecule has 3 aromatic rings. The number of rotatable bonds is 5. The Morgan fingerprint density at radius 1 is 1.07 bits per heavy atom. The van der Waals surface area contributed by atoms with Crippen molar-refractivity contribution in [2.24, 2.45) is 7.05 Å². The number of halogens is 3. The number of alkyl halides is 3. The van der Waals surface area contributed by atoms with E-state index < -0.39 is 23.3 Å². The van der Waals surface area contributed by atoms with Crippen molar-refractivity contribution in [3.05, 3.63) is 77.6 Å². The highest BCUT2D eigenvalue weighted by Gasteiger charge is 2.43. The van der Waals surface area contributed by atoms with Gasteiger partial charge in [0.15, 0.2) is 5.69 Å². The van der Waals surface area contributed by atoms with Gasteiger partial charge in [0.1, 0.15) is 0 Å². The number of hydrogen-bond acceptors (Lipinski definition) is 2. The molecule has 0 saturated heterocycles. The molecule has 4 nitrogen and oxygen atoms in total. The predicted molar refractivity (Wildman–Crippen MR) is 108 cm³/mol. The summed E-state index contributed by atoms with van der Waals surface area (Å²) in [5, 5.41) is 3.49. The van der Waals surface area contributed by atoms with E-state index in [-0.39, 0.29) is 12.1 Å². The van der Waals surface area contributed by atoms with Crippen molar-refractivity contribution in [2.45, 2.75) is 38.0 Å². The van der Waals surface area contributed by atoms with Crippen molar-refractivity contribution in [3.8, 4) is 11.1 Å². The Kier molecular flexibility index (Phi) is 5.13. The Morgan fingerprint density at radius 2 is 1.67 bits per heavy atom. The number of aromatic nitrogens is 2. The van der Waals surface area contributed by atoms with Gasteiger partial charge in [-0.15, -0.1) is 0 Å². The van der Waals surface area contributed by atoms with Crippen LogP contribution in [-0.4, -0.2) is 26.6 Å². The zero-order valence-corrected chi connectivity index (χ0v) is 16.7. The summed E-state index contributed by atoms with van der Waals surface area (Å²) in [4.78, 5) is 14.8. The van der Waals surface area contributed by atoms with E-state index in [0.717, 1.165) is 40.4 Å². The van der Waals surface area contributed by atoms with Gasteiger partial charge < -0.3 is 4.90 Å². The first-order valence-corrected chi connectivity index (χ1v) is 9.84. The summed E-state index contributed by atoms with van der Waals surface area (Å²) in [7, 11) is 1.39. The topological polar surface area (TPSA) is 38.1 Å². The third-order valence-corrected chi connectivity index (χ3v) is 5.42. The number of nitrogens with zero attached hydrogens (tertiary/aromatic N) is 3. The maximum Gasteiger partial charge on any atom is 0.435 e. The molecule has 2 aromatic carbocycles. The van der Waals surface area contributed by atoms with E-state index in [1.54, 1.807) is 4.90 Å². The summed E-state index contributed by atoms with van der Waals surface area (Å²) >= 11 is 0. The molecule has 0 bridgehead atoms. The van der Waals surface area contributed by atoms with Crippen LogP contribution in [0.1, 0.15) is 47.4 Å². The average molecular weight is 413 g/mol.